The largest absolute Gasteiger partial charge is 0.476 e. The van der Waals surface area contributed by atoms with E-state index in [4.69, 9.17) is 30.8 Å². The van der Waals surface area contributed by atoms with Gasteiger partial charge in [0.25, 0.3) is 21.6 Å². The monoisotopic (exact) mass is 942 g/mol. The van der Waals surface area contributed by atoms with Gasteiger partial charge in [-0.25, -0.2) is 17.5 Å². The Kier molecular flexibility index (Phi) is 12.9. The number of sulfonamides is 1. The van der Waals surface area contributed by atoms with Crippen LogP contribution in [-0.4, -0.2) is 112 Å². The minimum absolute atomic E-state index is 0.00725. The fourth-order valence-corrected chi connectivity index (χ4v) is 10.3. The number of benzene rings is 3. The third-order valence-corrected chi connectivity index (χ3v) is 14.3. The molecule has 0 bridgehead atoms. The van der Waals surface area contributed by atoms with Crippen molar-refractivity contribution in [2.75, 3.05) is 87.4 Å². The van der Waals surface area contributed by atoms with Crippen LogP contribution in [0.4, 0.5) is 32.8 Å². The number of aromatic nitrogens is 2. The first-order valence-electron chi connectivity index (χ1n) is 22.2. The van der Waals surface area contributed by atoms with Crippen LogP contribution in [0, 0.1) is 21.3 Å². The van der Waals surface area contributed by atoms with Crippen LogP contribution in [0.5, 0.6) is 5.88 Å². The molecule has 66 heavy (non-hydrogen) atoms. The molecule has 19 heteroatoms. The maximum absolute atomic E-state index is 15.6. The summed E-state index contributed by atoms with van der Waals surface area (Å²) in [5.41, 5.74) is 5.39. The highest BCUT2D eigenvalue weighted by molar-refractivity contribution is 7.90. The topological polar surface area (TPSA) is 185 Å². The number of rotatable bonds is 12. The zero-order chi connectivity index (χ0) is 46.2. The summed E-state index contributed by atoms with van der Waals surface area (Å²) in [6.45, 7) is 10.2. The van der Waals surface area contributed by atoms with Gasteiger partial charge in [0, 0.05) is 74.2 Å². The maximum atomic E-state index is 15.6. The van der Waals surface area contributed by atoms with Crippen LogP contribution in [0.3, 0.4) is 0 Å². The van der Waals surface area contributed by atoms with E-state index in [2.05, 4.69) is 50.8 Å². The van der Waals surface area contributed by atoms with Crippen LogP contribution < -0.4 is 24.6 Å². The van der Waals surface area contributed by atoms with E-state index < -0.39 is 49.0 Å². The Morgan fingerprint density at radius 3 is 2.58 bits per heavy atom. The molecule has 5 aromatic rings. The summed E-state index contributed by atoms with van der Waals surface area (Å²) in [5.74, 6) is -1.85. The number of nitro benzene ring substituents is 1. The molecule has 3 aliphatic heterocycles. The van der Waals surface area contributed by atoms with E-state index in [9.17, 15) is 23.3 Å². The van der Waals surface area contributed by atoms with Gasteiger partial charge in [-0.1, -0.05) is 43.2 Å². The quantitative estimate of drug-likeness (QED) is 0.0811. The number of carbonyl (C=O) groups excluding carboxylic acids is 1. The molecule has 0 unspecified atom stereocenters. The Morgan fingerprint density at radius 1 is 1.02 bits per heavy atom. The summed E-state index contributed by atoms with van der Waals surface area (Å²) in [6.07, 6.45) is 4.97. The van der Waals surface area contributed by atoms with E-state index >= 15 is 4.39 Å². The van der Waals surface area contributed by atoms with E-state index in [0.717, 1.165) is 56.0 Å². The first-order chi connectivity index (χ1) is 31.7. The molecule has 2 saturated heterocycles. The van der Waals surface area contributed by atoms with Gasteiger partial charge in [-0.05, 0) is 90.8 Å². The number of hydrogen-bond donors (Lipinski definition) is 3. The fraction of sp³-hybridized carbons (Fsp3) is 0.404. The van der Waals surface area contributed by atoms with Crippen molar-refractivity contribution < 1.29 is 36.7 Å². The first-order valence-corrected chi connectivity index (χ1v) is 24.0. The van der Waals surface area contributed by atoms with Gasteiger partial charge < -0.3 is 34.3 Å². The second kappa shape index (κ2) is 18.8. The zero-order valence-corrected chi connectivity index (χ0v) is 38.4. The normalized spacial score (nSPS) is 19.2. The third kappa shape index (κ3) is 9.83. The summed E-state index contributed by atoms with van der Waals surface area (Å²) < 4.78 is 62.5. The molecule has 1 aliphatic carbocycles. The summed E-state index contributed by atoms with van der Waals surface area (Å²) >= 11 is 6.26. The number of hydrogen-bond acceptors (Lipinski definition) is 13. The summed E-state index contributed by atoms with van der Waals surface area (Å²) in [7, 11) is -4.86. The second-order valence-electron chi connectivity index (χ2n) is 17.9. The van der Waals surface area contributed by atoms with E-state index in [1.54, 1.807) is 18.3 Å². The van der Waals surface area contributed by atoms with E-state index in [0.29, 0.717) is 79.9 Å². The Labute approximate surface area is 387 Å². The van der Waals surface area contributed by atoms with Crippen molar-refractivity contribution in [2.24, 2.45) is 5.41 Å². The van der Waals surface area contributed by atoms with Crippen LogP contribution in [0.15, 0.2) is 83.4 Å². The SMILES string of the molecule is CC1(C)CCC(CN2CCN(c3ccc(C(=O)NS(=O)(=O)c4cc(F)c(NC[C@H]5COCCO5)c([N+](=O)[O-])c4)c(N4CCCOc5nc6[nH]ccc6cc54)c3)CC2)=C(c2ccc(Cl)cc2)C1. The lowest BCUT2D eigenvalue weighted by atomic mass is 9.72. The number of piperazine rings is 1. The highest BCUT2D eigenvalue weighted by Gasteiger charge is 2.33. The number of aromatic amines is 1. The summed E-state index contributed by atoms with van der Waals surface area (Å²) in [6, 6.07) is 18.6. The van der Waals surface area contributed by atoms with Gasteiger partial charge in [0.1, 0.15) is 17.0 Å². The van der Waals surface area contributed by atoms with Gasteiger partial charge in [-0.2, -0.15) is 4.98 Å². The zero-order valence-electron chi connectivity index (χ0n) is 36.8. The average Bonchev–Trinajstić information content (AvgIpc) is 3.66. The Morgan fingerprint density at radius 2 is 1.82 bits per heavy atom. The molecule has 0 spiro atoms. The van der Waals surface area contributed by atoms with Crippen molar-refractivity contribution >= 4 is 72.6 Å². The molecule has 2 aromatic heterocycles. The minimum Gasteiger partial charge on any atom is -0.476 e. The van der Waals surface area contributed by atoms with Crippen molar-refractivity contribution in [3.05, 3.63) is 111 Å². The lowest BCUT2D eigenvalue weighted by Gasteiger charge is -2.39. The number of amides is 1. The van der Waals surface area contributed by atoms with Gasteiger partial charge in [0.2, 0.25) is 5.88 Å². The number of nitrogens with zero attached hydrogens (tertiary/aromatic N) is 5. The smallest absolute Gasteiger partial charge is 0.296 e. The number of H-pyrrole nitrogens is 1. The van der Waals surface area contributed by atoms with Crippen LogP contribution in [0.25, 0.3) is 16.6 Å². The molecule has 4 aliphatic rings. The van der Waals surface area contributed by atoms with Crippen LogP contribution in [-0.2, 0) is 19.5 Å². The molecule has 1 amide bonds. The molecule has 3 N–H and O–H groups in total. The van der Waals surface area contributed by atoms with Crippen molar-refractivity contribution in [2.45, 2.75) is 50.5 Å². The summed E-state index contributed by atoms with van der Waals surface area (Å²) in [4.78, 5) is 39.3. The van der Waals surface area contributed by atoms with Crippen molar-refractivity contribution in [1.29, 1.82) is 0 Å². The van der Waals surface area contributed by atoms with Gasteiger partial charge in [0.05, 0.1) is 53.6 Å². The maximum Gasteiger partial charge on any atom is 0.296 e. The van der Waals surface area contributed by atoms with Gasteiger partial charge in [-0.15, -0.1) is 0 Å². The number of allylic oxidation sites excluding steroid dienone is 1. The Hall–Kier alpha value is -5.79. The molecule has 0 radical (unpaired) electrons. The van der Waals surface area contributed by atoms with Crippen LogP contribution >= 0.6 is 11.6 Å². The molecule has 16 nitrogen and oxygen atoms in total. The van der Waals surface area contributed by atoms with Gasteiger partial charge in [0.15, 0.2) is 5.82 Å². The molecule has 3 aromatic carbocycles. The van der Waals surface area contributed by atoms with E-state index in [1.165, 1.54) is 16.7 Å². The Bertz CT molecular complexity index is 2790. The van der Waals surface area contributed by atoms with Crippen LogP contribution in [0.1, 0.15) is 55.5 Å². The predicted octanol–water partition coefficient (Wildman–Crippen LogP) is 7.92. The molecule has 5 heterocycles. The van der Waals surface area contributed by atoms with Crippen LogP contribution in [0.2, 0.25) is 5.02 Å². The van der Waals surface area contributed by atoms with Crippen molar-refractivity contribution in [3.63, 3.8) is 0 Å². The third-order valence-electron chi connectivity index (χ3n) is 12.8. The van der Waals surface area contributed by atoms with Gasteiger partial charge in [-0.3, -0.25) is 19.8 Å². The highest BCUT2D eigenvalue weighted by Crippen LogP contribution is 2.44. The number of nitrogens with one attached hydrogen (secondary N) is 3. The van der Waals surface area contributed by atoms with E-state index in [1.807, 2.05) is 35.2 Å². The number of anilines is 4. The minimum atomic E-state index is -4.86. The predicted molar refractivity (Wildman–Crippen MR) is 251 cm³/mol. The lowest BCUT2D eigenvalue weighted by Crippen LogP contribution is -2.47. The summed E-state index contributed by atoms with van der Waals surface area (Å²) in [5, 5.41) is 16.3. The highest BCUT2D eigenvalue weighted by atomic mass is 35.5. The van der Waals surface area contributed by atoms with Crippen molar-refractivity contribution in [3.8, 4) is 5.88 Å². The molecule has 348 valence electrons. The number of ether oxygens (including phenoxy) is 3. The molecule has 1 atom stereocenters. The molecular weight excluding hydrogens is 891 g/mol. The van der Waals surface area contributed by atoms with E-state index in [-0.39, 0.29) is 24.1 Å². The Balaban J connectivity index is 0.996. The fourth-order valence-electron chi connectivity index (χ4n) is 9.19. The number of fused-ring (bicyclic) bond motifs is 2. The number of pyridine rings is 1. The van der Waals surface area contributed by atoms with Crippen molar-refractivity contribution in [1.82, 2.24) is 19.6 Å². The first kappa shape index (κ1) is 45.4. The molecule has 0 saturated carbocycles. The molecule has 9 rings (SSSR count). The average molecular weight is 943 g/mol. The molecular formula is C47H52ClFN8O8S. The molecule has 2 fully saturated rings. The lowest BCUT2D eigenvalue weighted by molar-refractivity contribution is -0.384. The number of halogens is 2. The number of carbonyl (C=O) groups is 1. The standard InChI is InChI=1S/C47H52ClFN8O8S/c1-47(2)12-10-32(38(26-47)30-4-6-33(48)7-5-30)28-54-15-17-55(18-16-54)34-8-9-37(40(23-34)56-14-3-19-65-46-42(56)22-31-11-13-50-44(31)52-46)45(58)53-66(61,62)36-24-39(49)43(41(25-36)57(59)60)51-27-35-29-63-20-21-64-35/h4-9,11,13,22-25,35,51H,3,10,12,14-21,26-29H2,1-2H3,(H,50,52)(H,53,58)/t35-/m0/s1. The van der Waals surface area contributed by atoms with Gasteiger partial charge >= 0.3 is 0 Å². The second-order valence-corrected chi connectivity index (χ2v) is 20.0. The number of nitro groups is 1.